The highest BCUT2D eigenvalue weighted by atomic mass is 35.5. The van der Waals surface area contributed by atoms with Crippen molar-refractivity contribution in [1.29, 1.82) is 0 Å². The van der Waals surface area contributed by atoms with Gasteiger partial charge in [0.15, 0.2) is 0 Å². The van der Waals surface area contributed by atoms with E-state index < -0.39 is 5.41 Å². The molecule has 1 aromatic carbocycles. The number of benzene rings is 1. The lowest BCUT2D eigenvalue weighted by Crippen LogP contribution is -2.37. The lowest BCUT2D eigenvalue weighted by atomic mass is 9.84. The molecule has 1 amide bonds. The quantitative estimate of drug-likeness (QED) is 0.330. The molecule has 1 fully saturated rings. The number of piperidine rings is 1. The summed E-state index contributed by atoms with van der Waals surface area (Å²) in [5.41, 5.74) is 4.46. The summed E-state index contributed by atoms with van der Waals surface area (Å²) in [5.74, 6) is 0.451. The molecule has 3 heterocycles. The van der Waals surface area contributed by atoms with Crippen molar-refractivity contribution < 1.29 is 14.3 Å². The lowest BCUT2D eigenvalue weighted by Gasteiger charge is -2.30. The topological polar surface area (TPSA) is 72.4 Å². The molecule has 0 radical (unpaired) electrons. The average molecular weight is 520 g/mol. The number of likely N-dealkylation sites (tertiary alicyclic amines) is 1. The summed E-state index contributed by atoms with van der Waals surface area (Å²) in [4.78, 5) is 36.0. The second-order valence-corrected chi connectivity index (χ2v) is 10.8. The minimum atomic E-state index is -0.481. The minimum absolute atomic E-state index is 0.0296. The Labute approximate surface area is 224 Å². The molecule has 1 aliphatic rings. The highest BCUT2D eigenvalue weighted by molar-refractivity contribution is 6.33. The van der Waals surface area contributed by atoms with Crippen molar-refractivity contribution in [3.63, 3.8) is 0 Å². The van der Waals surface area contributed by atoms with Crippen molar-refractivity contribution in [1.82, 2.24) is 14.9 Å². The van der Waals surface area contributed by atoms with Crippen molar-refractivity contribution in [2.24, 2.45) is 5.92 Å². The van der Waals surface area contributed by atoms with Gasteiger partial charge in [-0.05, 0) is 61.6 Å². The monoisotopic (exact) mass is 519 g/mol. The number of esters is 1. The fourth-order valence-corrected chi connectivity index (χ4v) is 4.95. The predicted octanol–water partition coefficient (Wildman–Crippen LogP) is 6.57. The van der Waals surface area contributed by atoms with E-state index in [1.807, 2.05) is 49.1 Å². The Morgan fingerprint density at radius 3 is 2.49 bits per heavy atom. The minimum Gasteiger partial charge on any atom is -0.466 e. The Kier molecular flexibility index (Phi) is 8.28. The highest BCUT2D eigenvalue weighted by Gasteiger charge is 2.27. The summed E-state index contributed by atoms with van der Waals surface area (Å²) in [5, 5.41) is 0.515. The lowest BCUT2D eigenvalue weighted by molar-refractivity contribution is -0.144. The predicted molar refractivity (Wildman–Crippen MR) is 146 cm³/mol. The van der Waals surface area contributed by atoms with Gasteiger partial charge in [0.05, 0.1) is 13.0 Å². The number of amides is 1. The van der Waals surface area contributed by atoms with E-state index in [1.165, 1.54) is 0 Å². The Hall–Kier alpha value is -3.25. The number of carbonyl (C=O) groups is 2. The van der Waals surface area contributed by atoms with Gasteiger partial charge in [-0.25, -0.2) is 0 Å². The molecule has 3 aromatic rings. The molecule has 1 aliphatic heterocycles. The van der Waals surface area contributed by atoms with E-state index in [4.69, 9.17) is 16.3 Å². The van der Waals surface area contributed by atoms with Gasteiger partial charge < -0.3 is 9.64 Å². The Morgan fingerprint density at radius 2 is 1.78 bits per heavy atom. The number of hydrogen-bond donors (Lipinski definition) is 0. The fourth-order valence-electron chi connectivity index (χ4n) is 4.67. The largest absolute Gasteiger partial charge is 0.466 e. The van der Waals surface area contributed by atoms with Crippen molar-refractivity contribution in [3.05, 3.63) is 71.3 Å². The number of halogens is 1. The molecule has 0 spiro atoms. The van der Waals surface area contributed by atoms with Gasteiger partial charge in [0.2, 0.25) is 0 Å². The molecule has 0 atom stereocenters. The second kappa shape index (κ2) is 11.4. The van der Waals surface area contributed by atoms with E-state index in [2.05, 4.69) is 16.9 Å². The first kappa shape index (κ1) is 26.8. The SMILES string of the molecule is CCOC(=O)CC(C)(C)c1cc(-c2cncc(-c3ccc(C(=O)N4CCC(C)CC4)cc3Cl)c2)ccn1. The summed E-state index contributed by atoms with van der Waals surface area (Å²) in [6.45, 7) is 9.93. The smallest absolute Gasteiger partial charge is 0.306 e. The number of nitrogens with zero attached hydrogens (tertiary/aromatic N) is 3. The third-order valence-corrected chi connectivity index (χ3v) is 7.33. The Morgan fingerprint density at radius 1 is 1.05 bits per heavy atom. The summed E-state index contributed by atoms with van der Waals surface area (Å²) >= 11 is 6.68. The second-order valence-electron chi connectivity index (χ2n) is 10.4. The zero-order chi connectivity index (χ0) is 26.6. The van der Waals surface area contributed by atoms with Crippen LogP contribution in [0.25, 0.3) is 22.3 Å². The molecule has 7 heteroatoms. The number of pyridine rings is 2. The molecular formula is C30H34ClN3O3. The van der Waals surface area contributed by atoms with Crippen molar-refractivity contribution in [2.45, 2.75) is 52.4 Å². The molecular weight excluding hydrogens is 486 g/mol. The average Bonchev–Trinajstić information content (AvgIpc) is 2.88. The Bertz CT molecular complexity index is 1280. The van der Waals surface area contributed by atoms with Crippen LogP contribution in [0, 0.1) is 5.92 Å². The van der Waals surface area contributed by atoms with Crippen molar-refractivity contribution >= 4 is 23.5 Å². The maximum atomic E-state index is 13.0. The third kappa shape index (κ3) is 6.37. The maximum absolute atomic E-state index is 13.0. The van der Waals surface area contributed by atoms with Crippen LogP contribution < -0.4 is 0 Å². The van der Waals surface area contributed by atoms with Gasteiger partial charge in [-0.2, -0.15) is 0 Å². The number of hydrogen-bond acceptors (Lipinski definition) is 5. The molecule has 0 aliphatic carbocycles. The van der Waals surface area contributed by atoms with Gasteiger partial charge in [-0.15, -0.1) is 0 Å². The zero-order valence-electron chi connectivity index (χ0n) is 22.0. The van der Waals surface area contributed by atoms with Gasteiger partial charge in [0.25, 0.3) is 5.91 Å². The fraction of sp³-hybridized carbons (Fsp3) is 0.400. The van der Waals surface area contributed by atoms with E-state index in [0.29, 0.717) is 23.1 Å². The normalized spacial score (nSPS) is 14.5. The molecule has 0 saturated carbocycles. The van der Waals surface area contributed by atoms with Crippen LogP contribution in [0.5, 0.6) is 0 Å². The van der Waals surface area contributed by atoms with Gasteiger partial charge in [0.1, 0.15) is 0 Å². The summed E-state index contributed by atoms with van der Waals surface area (Å²) < 4.78 is 5.14. The van der Waals surface area contributed by atoms with Crippen LogP contribution in [-0.4, -0.2) is 46.4 Å². The standard InChI is InChI=1S/C30H34ClN3O3/c1-5-37-28(35)17-30(3,4)27-16-21(8-11-33-27)23-14-24(19-32-18-23)25-7-6-22(15-26(25)31)29(36)34-12-9-20(2)10-13-34/h6-8,11,14-16,18-20H,5,9-10,12-13,17H2,1-4H3. The van der Waals surface area contributed by atoms with Crippen LogP contribution in [-0.2, 0) is 14.9 Å². The van der Waals surface area contributed by atoms with E-state index in [9.17, 15) is 9.59 Å². The molecule has 37 heavy (non-hydrogen) atoms. The molecule has 0 bridgehead atoms. The maximum Gasteiger partial charge on any atom is 0.306 e. The number of aromatic nitrogens is 2. The van der Waals surface area contributed by atoms with E-state index in [-0.39, 0.29) is 18.3 Å². The molecule has 194 valence electrons. The summed E-state index contributed by atoms with van der Waals surface area (Å²) in [7, 11) is 0. The molecule has 0 unspecified atom stereocenters. The van der Waals surface area contributed by atoms with Gasteiger partial charge in [-0.3, -0.25) is 19.6 Å². The van der Waals surface area contributed by atoms with Gasteiger partial charge >= 0.3 is 5.97 Å². The van der Waals surface area contributed by atoms with Crippen molar-refractivity contribution in [3.8, 4) is 22.3 Å². The van der Waals surface area contributed by atoms with Crippen LogP contribution in [0.2, 0.25) is 5.02 Å². The third-order valence-electron chi connectivity index (χ3n) is 7.01. The first-order chi connectivity index (χ1) is 17.7. The van der Waals surface area contributed by atoms with Gasteiger partial charge in [-0.1, -0.05) is 38.4 Å². The van der Waals surface area contributed by atoms with E-state index in [0.717, 1.165) is 53.9 Å². The van der Waals surface area contributed by atoms with Gasteiger partial charge in [0, 0.05) is 70.1 Å². The van der Waals surface area contributed by atoms with Crippen LogP contribution >= 0.6 is 11.6 Å². The zero-order valence-corrected chi connectivity index (χ0v) is 22.7. The highest BCUT2D eigenvalue weighted by Crippen LogP contribution is 2.33. The molecule has 1 saturated heterocycles. The first-order valence-electron chi connectivity index (χ1n) is 12.8. The molecule has 4 rings (SSSR count). The van der Waals surface area contributed by atoms with E-state index >= 15 is 0 Å². The molecule has 0 N–H and O–H groups in total. The molecule has 2 aromatic heterocycles. The number of carbonyl (C=O) groups excluding carboxylic acids is 2. The van der Waals surface area contributed by atoms with Crippen LogP contribution in [0.3, 0.4) is 0 Å². The summed E-state index contributed by atoms with van der Waals surface area (Å²) in [6, 6.07) is 11.4. The van der Waals surface area contributed by atoms with Crippen LogP contribution in [0.1, 0.15) is 63.0 Å². The van der Waals surface area contributed by atoms with Crippen LogP contribution in [0.4, 0.5) is 0 Å². The van der Waals surface area contributed by atoms with Crippen LogP contribution in [0.15, 0.2) is 55.0 Å². The van der Waals surface area contributed by atoms with Crippen molar-refractivity contribution in [2.75, 3.05) is 19.7 Å². The van der Waals surface area contributed by atoms with E-state index in [1.54, 1.807) is 31.6 Å². The number of rotatable bonds is 7. The number of ether oxygens (including phenoxy) is 1. The molecule has 6 nitrogen and oxygen atoms in total. The Balaban J connectivity index is 1.57. The summed E-state index contributed by atoms with van der Waals surface area (Å²) in [6.07, 6.45) is 7.63. The first-order valence-corrected chi connectivity index (χ1v) is 13.2.